The molecule has 3 N–H and O–H groups in total. The first-order valence-electron chi connectivity index (χ1n) is 6.17. The van der Waals surface area contributed by atoms with E-state index in [-0.39, 0.29) is 17.6 Å². The van der Waals surface area contributed by atoms with Crippen molar-refractivity contribution in [2.45, 2.75) is 57.6 Å². The van der Waals surface area contributed by atoms with Gasteiger partial charge in [0.05, 0.1) is 5.60 Å². The second kappa shape index (κ2) is 6.21. The van der Waals surface area contributed by atoms with Crippen LogP contribution in [0.3, 0.4) is 0 Å². The maximum Gasteiger partial charge on any atom is 0.220 e. The molecule has 1 aliphatic rings. The Bertz CT molecular complexity index is 229. The first-order valence-corrected chi connectivity index (χ1v) is 6.17. The Kier molecular flexibility index (Phi) is 5.22. The molecule has 0 aromatic rings. The molecule has 4 nitrogen and oxygen atoms in total. The number of carbonyl (C=O) groups excluding carboxylic acids is 1. The fourth-order valence-electron chi connectivity index (χ4n) is 2.08. The molecule has 0 aromatic heterocycles. The predicted octanol–water partition coefficient (Wildman–Crippen LogP) is 1.19. The van der Waals surface area contributed by atoms with Gasteiger partial charge in [-0.25, -0.2) is 0 Å². The number of hydrogen-bond acceptors (Lipinski definition) is 3. The number of hydrogen-bond donors (Lipinski definition) is 2. The number of nitrogens with one attached hydrogen (secondary N) is 1. The summed E-state index contributed by atoms with van der Waals surface area (Å²) in [7, 11) is 0. The summed E-state index contributed by atoms with van der Waals surface area (Å²) >= 11 is 0. The van der Waals surface area contributed by atoms with Gasteiger partial charge in [0, 0.05) is 19.1 Å². The molecule has 1 aliphatic heterocycles. The third-order valence-corrected chi connectivity index (χ3v) is 2.92. The van der Waals surface area contributed by atoms with Crippen LogP contribution in [0.5, 0.6) is 0 Å². The van der Waals surface area contributed by atoms with Crippen molar-refractivity contribution in [3.63, 3.8) is 0 Å². The van der Waals surface area contributed by atoms with Crippen LogP contribution in [-0.2, 0) is 9.53 Å². The molecule has 0 aromatic carbocycles. The second-order valence-electron chi connectivity index (χ2n) is 5.11. The number of amides is 1. The van der Waals surface area contributed by atoms with E-state index in [9.17, 15) is 4.79 Å². The Morgan fingerprint density at radius 2 is 2.25 bits per heavy atom. The van der Waals surface area contributed by atoms with Gasteiger partial charge in [0.1, 0.15) is 0 Å². The molecule has 1 amide bonds. The van der Waals surface area contributed by atoms with E-state index in [4.69, 9.17) is 10.5 Å². The Morgan fingerprint density at radius 1 is 1.50 bits per heavy atom. The normalized spacial score (nSPS) is 24.1. The van der Waals surface area contributed by atoms with Gasteiger partial charge in [0.15, 0.2) is 0 Å². The van der Waals surface area contributed by atoms with Crippen LogP contribution in [0.4, 0.5) is 0 Å². The van der Waals surface area contributed by atoms with E-state index in [2.05, 4.69) is 19.2 Å². The molecule has 1 saturated heterocycles. The van der Waals surface area contributed by atoms with Crippen molar-refractivity contribution in [3.05, 3.63) is 0 Å². The van der Waals surface area contributed by atoms with E-state index in [0.717, 1.165) is 32.3 Å². The van der Waals surface area contributed by atoms with Crippen LogP contribution in [0.25, 0.3) is 0 Å². The topological polar surface area (TPSA) is 64.4 Å². The summed E-state index contributed by atoms with van der Waals surface area (Å²) < 4.78 is 5.61. The first kappa shape index (κ1) is 13.5. The summed E-state index contributed by atoms with van der Waals surface area (Å²) in [6, 6.07) is 0.272. The molecule has 94 valence electrons. The van der Waals surface area contributed by atoms with E-state index in [1.54, 1.807) is 0 Å². The van der Waals surface area contributed by atoms with Crippen LogP contribution in [0.1, 0.15) is 46.0 Å². The quantitative estimate of drug-likeness (QED) is 0.695. The first-order chi connectivity index (χ1) is 7.53. The molecule has 0 radical (unpaired) electrons. The zero-order chi connectivity index (χ0) is 12.0. The van der Waals surface area contributed by atoms with Crippen LogP contribution in [0, 0.1) is 0 Å². The van der Waals surface area contributed by atoms with Gasteiger partial charge in [0.2, 0.25) is 5.91 Å². The lowest BCUT2D eigenvalue weighted by Crippen LogP contribution is -2.45. The van der Waals surface area contributed by atoms with Gasteiger partial charge in [-0.3, -0.25) is 4.79 Å². The van der Waals surface area contributed by atoms with Crippen LogP contribution in [0.15, 0.2) is 0 Å². The summed E-state index contributed by atoms with van der Waals surface area (Å²) in [5.41, 5.74) is 5.28. The number of ether oxygens (including phenoxy) is 1. The van der Waals surface area contributed by atoms with Gasteiger partial charge < -0.3 is 15.8 Å². The lowest BCUT2D eigenvalue weighted by Gasteiger charge is -2.35. The molecule has 0 bridgehead atoms. The monoisotopic (exact) mass is 228 g/mol. The Hall–Kier alpha value is -0.610. The van der Waals surface area contributed by atoms with E-state index in [1.165, 1.54) is 0 Å². The van der Waals surface area contributed by atoms with E-state index in [0.29, 0.717) is 13.0 Å². The van der Waals surface area contributed by atoms with Crippen molar-refractivity contribution in [3.8, 4) is 0 Å². The lowest BCUT2D eigenvalue weighted by atomic mass is 9.94. The molecule has 1 fully saturated rings. The fourth-order valence-corrected chi connectivity index (χ4v) is 2.08. The zero-order valence-corrected chi connectivity index (χ0v) is 10.4. The largest absolute Gasteiger partial charge is 0.375 e. The minimum Gasteiger partial charge on any atom is -0.375 e. The van der Waals surface area contributed by atoms with Crippen molar-refractivity contribution in [2.24, 2.45) is 5.73 Å². The summed E-state index contributed by atoms with van der Waals surface area (Å²) in [5.74, 6) is 0.149. The van der Waals surface area contributed by atoms with Crippen LogP contribution < -0.4 is 11.1 Å². The van der Waals surface area contributed by atoms with Crippen LogP contribution in [-0.4, -0.2) is 30.7 Å². The maximum absolute atomic E-state index is 11.6. The Balaban J connectivity index is 2.23. The fraction of sp³-hybridized carbons (Fsp3) is 0.917. The van der Waals surface area contributed by atoms with Gasteiger partial charge in [-0.15, -0.1) is 0 Å². The summed E-state index contributed by atoms with van der Waals surface area (Å²) in [6.07, 6.45) is 4.22. The average molecular weight is 228 g/mol. The number of rotatable bonds is 5. The minimum atomic E-state index is -0.104. The van der Waals surface area contributed by atoms with Crippen molar-refractivity contribution in [1.82, 2.24) is 5.32 Å². The van der Waals surface area contributed by atoms with Crippen LogP contribution in [0.2, 0.25) is 0 Å². The molecule has 0 spiro atoms. The standard InChI is InChI=1S/C12H24N2O2/c1-12(2)9-10(6-8-16-12)14-11(15)5-3-4-7-13/h10H,3-9,13H2,1-2H3,(H,14,15). The molecule has 1 atom stereocenters. The van der Waals surface area contributed by atoms with Gasteiger partial charge in [-0.2, -0.15) is 0 Å². The molecular weight excluding hydrogens is 204 g/mol. The Labute approximate surface area is 97.9 Å². The molecule has 4 heteroatoms. The molecule has 1 rings (SSSR count). The van der Waals surface area contributed by atoms with E-state index >= 15 is 0 Å². The van der Waals surface area contributed by atoms with E-state index < -0.39 is 0 Å². The van der Waals surface area contributed by atoms with Crippen molar-refractivity contribution < 1.29 is 9.53 Å². The van der Waals surface area contributed by atoms with Crippen molar-refractivity contribution in [1.29, 1.82) is 0 Å². The van der Waals surface area contributed by atoms with E-state index in [1.807, 2.05) is 0 Å². The maximum atomic E-state index is 11.6. The highest BCUT2D eigenvalue weighted by Gasteiger charge is 2.29. The van der Waals surface area contributed by atoms with Crippen molar-refractivity contribution >= 4 is 5.91 Å². The highest BCUT2D eigenvalue weighted by molar-refractivity contribution is 5.76. The van der Waals surface area contributed by atoms with Gasteiger partial charge >= 0.3 is 0 Å². The summed E-state index contributed by atoms with van der Waals surface area (Å²) in [6.45, 7) is 5.54. The number of unbranched alkanes of at least 4 members (excludes halogenated alkanes) is 1. The SMILES string of the molecule is CC1(C)CC(NC(=O)CCCCN)CCO1. The van der Waals surface area contributed by atoms with Gasteiger partial charge in [-0.1, -0.05) is 0 Å². The molecular formula is C12H24N2O2. The Morgan fingerprint density at radius 3 is 2.88 bits per heavy atom. The summed E-state index contributed by atoms with van der Waals surface area (Å²) in [4.78, 5) is 11.6. The second-order valence-corrected chi connectivity index (χ2v) is 5.11. The van der Waals surface area contributed by atoms with Crippen molar-refractivity contribution in [2.75, 3.05) is 13.2 Å². The third kappa shape index (κ3) is 4.94. The average Bonchev–Trinajstić information content (AvgIpc) is 2.16. The highest BCUT2D eigenvalue weighted by Crippen LogP contribution is 2.23. The zero-order valence-electron chi connectivity index (χ0n) is 10.4. The number of carbonyl (C=O) groups is 1. The molecule has 0 aliphatic carbocycles. The number of nitrogens with two attached hydrogens (primary N) is 1. The van der Waals surface area contributed by atoms with Gasteiger partial charge in [-0.05, 0) is 46.1 Å². The molecule has 16 heavy (non-hydrogen) atoms. The molecule has 0 saturated carbocycles. The van der Waals surface area contributed by atoms with Crippen LogP contribution >= 0.6 is 0 Å². The van der Waals surface area contributed by atoms with Gasteiger partial charge in [0.25, 0.3) is 0 Å². The lowest BCUT2D eigenvalue weighted by molar-refractivity contribution is -0.124. The molecule has 1 unspecified atom stereocenters. The third-order valence-electron chi connectivity index (χ3n) is 2.92. The molecule has 1 heterocycles. The smallest absolute Gasteiger partial charge is 0.220 e. The highest BCUT2D eigenvalue weighted by atomic mass is 16.5. The summed E-state index contributed by atoms with van der Waals surface area (Å²) in [5, 5.41) is 3.07. The minimum absolute atomic E-state index is 0.104. The predicted molar refractivity (Wildman–Crippen MR) is 64.1 cm³/mol.